The Hall–Kier alpha value is -2.10. The second-order valence-corrected chi connectivity index (χ2v) is 5.19. The number of hydrogen-bond acceptors (Lipinski definition) is 4. The van der Waals surface area contributed by atoms with Gasteiger partial charge in [-0.25, -0.2) is 9.97 Å². The highest BCUT2D eigenvalue weighted by molar-refractivity contribution is 5.58. The van der Waals surface area contributed by atoms with E-state index in [0.717, 1.165) is 30.0 Å². The van der Waals surface area contributed by atoms with Gasteiger partial charge in [-0.2, -0.15) is 0 Å². The third kappa shape index (κ3) is 2.90. The lowest BCUT2D eigenvalue weighted by atomic mass is 10.2. The molecule has 104 valence electrons. The van der Waals surface area contributed by atoms with Crippen LogP contribution in [0.1, 0.15) is 37.8 Å². The van der Waals surface area contributed by atoms with E-state index in [0.29, 0.717) is 17.6 Å². The summed E-state index contributed by atoms with van der Waals surface area (Å²) in [5.41, 5.74) is 7.93. The summed E-state index contributed by atoms with van der Waals surface area (Å²) in [7, 11) is 0. The van der Waals surface area contributed by atoms with Crippen molar-refractivity contribution in [3.63, 3.8) is 0 Å². The lowest BCUT2D eigenvalue weighted by molar-refractivity contribution is 0.317. The molecule has 1 saturated carbocycles. The molecule has 1 heterocycles. The highest BCUT2D eigenvalue weighted by Gasteiger charge is 2.26. The van der Waals surface area contributed by atoms with Crippen molar-refractivity contribution in [1.29, 1.82) is 0 Å². The van der Waals surface area contributed by atoms with Crippen LogP contribution >= 0.6 is 0 Å². The van der Waals surface area contributed by atoms with E-state index in [9.17, 15) is 0 Å². The number of nitrogen functional groups attached to an aromatic ring is 1. The predicted octanol–water partition coefficient (Wildman–Crippen LogP) is 3.39. The largest absolute Gasteiger partial charge is 0.494 e. The number of rotatable bonds is 5. The van der Waals surface area contributed by atoms with Crippen LogP contribution in [0.25, 0.3) is 11.4 Å². The zero-order chi connectivity index (χ0) is 13.9. The van der Waals surface area contributed by atoms with Gasteiger partial charge in [-0.15, -0.1) is 0 Å². The Labute approximate surface area is 119 Å². The minimum atomic E-state index is 0.545. The Morgan fingerprint density at radius 1 is 1.20 bits per heavy atom. The van der Waals surface area contributed by atoms with Crippen LogP contribution in [0.5, 0.6) is 5.75 Å². The highest BCUT2D eigenvalue weighted by Crippen LogP contribution is 2.39. The summed E-state index contributed by atoms with van der Waals surface area (Å²) < 4.78 is 5.58. The molecule has 1 aromatic carbocycles. The molecule has 1 fully saturated rings. The maximum absolute atomic E-state index is 5.88. The van der Waals surface area contributed by atoms with E-state index in [2.05, 4.69) is 16.9 Å². The smallest absolute Gasteiger partial charge is 0.161 e. The van der Waals surface area contributed by atoms with E-state index in [1.54, 1.807) is 0 Å². The SMILES string of the molecule is CCCOc1ccc(-c2nc(N)cc(C3CC3)n2)cc1. The molecule has 2 aromatic rings. The van der Waals surface area contributed by atoms with Crippen molar-refractivity contribution < 1.29 is 4.74 Å². The summed E-state index contributed by atoms with van der Waals surface area (Å²) in [5, 5.41) is 0. The molecule has 0 atom stereocenters. The Balaban J connectivity index is 1.84. The number of ether oxygens (including phenoxy) is 1. The summed E-state index contributed by atoms with van der Waals surface area (Å²) >= 11 is 0. The van der Waals surface area contributed by atoms with Gasteiger partial charge in [-0.05, 0) is 43.5 Å². The third-order valence-electron chi connectivity index (χ3n) is 3.35. The first-order valence-corrected chi connectivity index (χ1v) is 7.14. The van der Waals surface area contributed by atoms with Crippen LogP contribution in [-0.2, 0) is 0 Å². The molecule has 4 nitrogen and oxygen atoms in total. The Morgan fingerprint density at radius 2 is 1.95 bits per heavy atom. The molecule has 3 rings (SSSR count). The Bertz CT molecular complexity index is 591. The average Bonchev–Trinajstić information content (AvgIpc) is 3.29. The van der Waals surface area contributed by atoms with E-state index in [1.807, 2.05) is 30.3 Å². The van der Waals surface area contributed by atoms with Crippen molar-refractivity contribution in [2.75, 3.05) is 12.3 Å². The molecule has 1 aromatic heterocycles. The van der Waals surface area contributed by atoms with E-state index in [1.165, 1.54) is 12.8 Å². The summed E-state index contributed by atoms with van der Waals surface area (Å²) in [5.74, 6) is 2.70. The molecule has 1 aliphatic carbocycles. The topological polar surface area (TPSA) is 61.0 Å². The summed E-state index contributed by atoms with van der Waals surface area (Å²) in [6.45, 7) is 2.83. The highest BCUT2D eigenvalue weighted by atomic mass is 16.5. The monoisotopic (exact) mass is 269 g/mol. The van der Waals surface area contributed by atoms with E-state index >= 15 is 0 Å². The number of anilines is 1. The minimum absolute atomic E-state index is 0.545. The fraction of sp³-hybridized carbons (Fsp3) is 0.375. The molecular weight excluding hydrogens is 250 g/mol. The third-order valence-corrected chi connectivity index (χ3v) is 3.35. The van der Waals surface area contributed by atoms with Crippen LogP contribution in [0.2, 0.25) is 0 Å². The second-order valence-electron chi connectivity index (χ2n) is 5.19. The van der Waals surface area contributed by atoms with Gasteiger partial charge in [0.25, 0.3) is 0 Å². The summed E-state index contributed by atoms with van der Waals surface area (Å²) in [6, 6.07) is 9.76. The second kappa shape index (κ2) is 5.49. The van der Waals surface area contributed by atoms with Crippen LogP contribution in [0.4, 0.5) is 5.82 Å². The molecule has 0 amide bonds. The maximum Gasteiger partial charge on any atom is 0.161 e. The van der Waals surface area contributed by atoms with Gasteiger partial charge in [0.05, 0.1) is 6.61 Å². The van der Waals surface area contributed by atoms with E-state index in [-0.39, 0.29) is 0 Å². The number of hydrogen-bond donors (Lipinski definition) is 1. The van der Waals surface area contributed by atoms with Crippen molar-refractivity contribution in [1.82, 2.24) is 9.97 Å². The van der Waals surface area contributed by atoms with Crippen LogP contribution in [0.3, 0.4) is 0 Å². The van der Waals surface area contributed by atoms with Crippen molar-refractivity contribution in [2.45, 2.75) is 32.1 Å². The van der Waals surface area contributed by atoms with Crippen molar-refractivity contribution in [3.05, 3.63) is 36.0 Å². The number of nitrogens with zero attached hydrogens (tertiary/aromatic N) is 2. The number of benzene rings is 1. The zero-order valence-corrected chi connectivity index (χ0v) is 11.7. The quantitative estimate of drug-likeness (QED) is 0.903. The van der Waals surface area contributed by atoms with E-state index in [4.69, 9.17) is 10.5 Å². The summed E-state index contributed by atoms with van der Waals surface area (Å²) in [6.07, 6.45) is 3.42. The van der Waals surface area contributed by atoms with Crippen molar-refractivity contribution in [3.8, 4) is 17.1 Å². The molecule has 0 bridgehead atoms. The lowest BCUT2D eigenvalue weighted by Gasteiger charge is -2.07. The van der Waals surface area contributed by atoms with Gasteiger partial charge in [-0.3, -0.25) is 0 Å². The number of nitrogens with two attached hydrogens (primary N) is 1. The molecule has 20 heavy (non-hydrogen) atoms. The van der Waals surface area contributed by atoms with Crippen LogP contribution < -0.4 is 10.5 Å². The van der Waals surface area contributed by atoms with Gasteiger partial charge in [0.15, 0.2) is 5.82 Å². The number of aromatic nitrogens is 2. The first-order valence-electron chi connectivity index (χ1n) is 7.14. The first-order chi connectivity index (χ1) is 9.76. The molecule has 0 spiro atoms. The zero-order valence-electron chi connectivity index (χ0n) is 11.7. The van der Waals surface area contributed by atoms with Gasteiger partial charge in [-0.1, -0.05) is 6.92 Å². The van der Waals surface area contributed by atoms with Gasteiger partial charge >= 0.3 is 0 Å². The standard InChI is InChI=1S/C16H19N3O/c1-2-9-20-13-7-5-12(6-8-13)16-18-14(11-3-4-11)10-15(17)19-16/h5-8,10-11H,2-4,9H2,1H3,(H2,17,18,19). The van der Waals surface area contributed by atoms with Crippen LogP contribution in [0.15, 0.2) is 30.3 Å². The Kier molecular flexibility index (Phi) is 3.54. The predicted molar refractivity (Wildman–Crippen MR) is 79.6 cm³/mol. The molecule has 0 saturated heterocycles. The molecule has 4 heteroatoms. The van der Waals surface area contributed by atoms with E-state index < -0.39 is 0 Å². The Morgan fingerprint density at radius 3 is 2.60 bits per heavy atom. The fourth-order valence-corrected chi connectivity index (χ4v) is 2.12. The molecule has 0 aliphatic heterocycles. The van der Waals surface area contributed by atoms with Gasteiger partial charge in [0.2, 0.25) is 0 Å². The van der Waals surface area contributed by atoms with Gasteiger partial charge < -0.3 is 10.5 Å². The maximum atomic E-state index is 5.88. The molecular formula is C16H19N3O. The van der Waals surface area contributed by atoms with Crippen molar-refractivity contribution in [2.24, 2.45) is 0 Å². The molecule has 0 radical (unpaired) electrons. The molecule has 1 aliphatic rings. The minimum Gasteiger partial charge on any atom is -0.494 e. The average molecular weight is 269 g/mol. The fourth-order valence-electron chi connectivity index (χ4n) is 2.12. The normalized spacial score (nSPS) is 14.2. The van der Waals surface area contributed by atoms with Gasteiger partial charge in [0.1, 0.15) is 11.6 Å². The van der Waals surface area contributed by atoms with Gasteiger partial charge in [0, 0.05) is 23.2 Å². The lowest BCUT2D eigenvalue weighted by Crippen LogP contribution is -2.00. The first kappa shape index (κ1) is 12.9. The van der Waals surface area contributed by atoms with Crippen LogP contribution in [-0.4, -0.2) is 16.6 Å². The van der Waals surface area contributed by atoms with Crippen molar-refractivity contribution >= 4 is 5.82 Å². The molecule has 0 unspecified atom stereocenters. The molecule has 2 N–H and O–H groups in total. The van der Waals surface area contributed by atoms with Crippen LogP contribution in [0, 0.1) is 0 Å². The summed E-state index contributed by atoms with van der Waals surface area (Å²) in [4.78, 5) is 8.96.